The minimum Gasteiger partial charge on any atom is -0.508 e. The number of rotatable bonds is 3. The van der Waals surface area contributed by atoms with Crippen molar-refractivity contribution in [2.75, 3.05) is 5.73 Å². The highest BCUT2D eigenvalue weighted by molar-refractivity contribution is 6.08. The first-order chi connectivity index (χ1) is 9.06. The Morgan fingerprint density at radius 2 is 1.74 bits per heavy atom. The van der Waals surface area contributed by atoms with Crippen molar-refractivity contribution in [2.24, 2.45) is 0 Å². The summed E-state index contributed by atoms with van der Waals surface area (Å²) in [5, 5.41) is 18.7. The maximum atomic E-state index is 11.9. The maximum absolute atomic E-state index is 11.9. The lowest BCUT2D eigenvalue weighted by atomic mass is 10.1. The number of allylic oxidation sites excluding steroid dienone is 1. The zero-order chi connectivity index (χ0) is 13.8. The van der Waals surface area contributed by atoms with E-state index in [-0.39, 0.29) is 22.8 Å². The Kier molecular flexibility index (Phi) is 3.52. The number of anilines is 1. The van der Waals surface area contributed by atoms with E-state index < -0.39 is 0 Å². The van der Waals surface area contributed by atoms with Gasteiger partial charge in [0, 0.05) is 11.8 Å². The molecule has 4 N–H and O–H groups in total. The maximum Gasteiger partial charge on any atom is 0.189 e. The van der Waals surface area contributed by atoms with Crippen LogP contribution in [0.1, 0.15) is 15.9 Å². The Hall–Kier alpha value is -2.75. The van der Waals surface area contributed by atoms with Crippen LogP contribution >= 0.6 is 0 Å². The number of hydrogen-bond acceptors (Lipinski definition) is 4. The molecule has 0 aliphatic rings. The third-order valence-electron chi connectivity index (χ3n) is 2.61. The lowest BCUT2D eigenvalue weighted by Gasteiger charge is -2.01. The summed E-state index contributed by atoms with van der Waals surface area (Å²) in [4.78, 5) is 11.9. The first kappa shape index (κ1) is 12.7. The molecule has 0 atom stereocenters. The van der Waals surface area contributed by atoms with Gasteiger partial charge < -0.3 is 15.9 Å². The van der Waals surface area contributed by atoms with Crippen LogP contribution in [0.2, 0.25) is 0 Å². The van der Waals surface area contributed by atoms with Crippen LogP contribution < -0.4 is 5.73 Å². The van der Waals surface area contributed by atoms with Crippen LogP contribution in [0.4, 0.5) is 5.69 Å². The van der Waals surface area contributed by atoms with E-state index in [0.29, 0.717) is 5.69 Å². The fraction of sp³-hybridized carbons (Fsp3) is 0. The van der Waals surface area contributed by atoms with Gasteiger partial charge in [-0.05, 0) is 35.9 Å². The Labute approximate surface area is 110 Å². The van der Waals surface area contributed by atoms with E-state index in [0.717, 1.165) is 11.6 Å². The fourth-order valence-corrected chi connectivity index (χ4v) is 1.60. The molecule has 0 saturated carbocycles. The summed E-state index contributed by atoms with van der Waals surface area (Å²) in [5.41, 5.74) is 7.19. The molecule has 0 aromatic heterocycles. The minimum absolute atomic E-state index is 0.0865. The van der Waals surface area contributed by atoms with Gasteiger partial charge in [-0.15, -0.1) is 0 Å². The van der Waals surface area contributed by atoms with E-state index in [4.69, 9.17) is 10.8 Å². The van der Waals surface area contributed by atoms with Crippen LogP contribution in [-0.4, -0.2) is 16.0 Å². The number of carbonyl (C=O) groups is 1. The predicted octanol–water partition coefficient (Wildman–Crippen LogP) is 2.58. The zero-order valence-corrected chi connectivity index (χ0v) is 10.1. The molecular formula is C15H13NO3. The summed E-state index contributed by atoms with van der Waals surface area (Å²) >= 11 is 0. The van der Waals surface area contributed by atoms with Gasteiger partial charge in [-0.3, -0.25) is 4.79 Å². The van der Waals surface area contributed by atoms with Crippen molar-refractivity contribution in [1.29, 1.82) is 0 Å². The quantitative estimate of drug-likeness (QED) is 0.447. The number of nitrogens with two attached hydrogens (primary N) is 1. The van der Waals surface area contributed by atoms with Gasteiger partial charge in [0.2, 0.25) is 0 Å². The third kappa shape index (κ3) is 3.13. The highest BCUT2D eigenvalue weighted by Crippen LogP contribution is 2.23. The van der Waals surface area contributed by atoms with Crippen LogP contribution in [0.3, 0.4) is 0 Å². The summed E-state index contributed by atoms with van der Waals surface area (Å²) in [6.45, 7) is 0. The molecule has 0 spiro atoms. The number of aromatic hydroxyl groups is 2. The molecule has 2 aromatic rings. The van der Waals surface area contributed by atoms with Crippen LogP contribution in [0.25, 0.3) is 6.08 Å². The average Bonchev–Trinajstić information content (AvgIpc) is 2.37. The van der Waals surface area contributed by atoms with E-state index in [1.54, 1.807) is 30.3 Å². The molecular weight excluding hydrogens is 242 g/mol. The van der Waals surface area contributed by atoms with Crippen molar-refractivity contribution in [3.63, 3.8) is 0 Å². The van der Waals surface area contributed by atoms with E-state index in [1.807, 2.05) is 0 Å². The zero-order valence-electron chi connectivity index (χ0n) is 10.1. The summed E-state index contributed by atoms with van der Waals surface area (Å²) < 4.78 is 0. The van der Waals surface area contributed by atoms with Crippen molar-refractivity contribution in [1.82, 2.24) is 0 Å². The topological polar surface area (TPSA) is 83.6 Å². The number of nitrogen functional groups attached to an aromatic ring is 1. The van der Waals surface area contributed by atoms with E-state index in [1.165, 1.54) is 18.2 Å². The van der Waals surface area contributed by atoms with Gasteiger partial charge in [0.25, 0.3) is 0 Å². The number of hydrogen-bond donors (Lipinski definition) is 3. The van der Waals surface area contributed by atoms with Gasteiger partial charge in [-0.25, -0.2) is 0 Å². The van der Waals surface area contributed by atoms with Crippen LogP contribution in [0.15, 0.2) is 48.5 Å². The van der Waals surface area contributed by atoms with E-state index in [9.17, 15) is 9.90 Å². The van der Waals surface area contributed by atoms with Gasteiger partial charge in [-0.1, -0.05) is 18.2 Å². The standard InChI is InChI=1S/C15H13NO3/c16-11-4-1-10(2-5-11)3-8-14(18)13-7-6-12(17)9-15(13)19/h1-9,17,19H,16H2/b8-3+. The Morgan fingerprint density at radius 1 is 1.05 bits per heavy atom. The number of ketones is 1. The van der Waals surface area contributed by atoms with E-state index in [2.05, 4.69) is 0 Å². The molecule has 4 nitrogen and oxygen atoms in total. The number of phenols is 2. The summed E-state index contributed by atoms with van der Waals surface area (Å²) in [6.07, 6.45) is 2.99. The summed E-state index contributed by atoms with van der Waals surface area (Å²) in [7, 11) is 0. The lowest BCUT2D eigenvalue weighted by Crippen LogP contribution is -1.94. The van der Waals surface area contributed by atoms with E-state index >= 15 is 0 Å². The molecule has 0 heterocycles. The minimum atomic E-state index is -0.339. The molecule has 2 rings (SSSR count). The molecule has 2 aromatic carbocycles. The predicted molar refractivity (Wildman–Crippen MR) is 74.0 cm³/mol. The van der Waals surface area contributed by atoms with Gasteiger partial charge >= 0.3 is 0 Å². The van der Waals surface area contributed by atoms with Gasteiger partial charge in [0.15, 0.2) is 5.78 Å². The molecule has 0 aliphatic carbocycles. The summed E-state index contributed by atoms with van der Waals surface area (Å²) in [5.74, 6) is -0.669. The van der Waals surface area contributed by atoms with Crippen molar-refractivity contribution in [3.05, 3.63) is 59.7 Å². The van der Waals surface area contributed by atoms with Crippen LogP contribution in [0, 0.1) is 0 Å². The highest BCUT2D eigenvalue weighted by atomic mass is 16.3. The molecule has 0 saturated heterocycles. The monoisotopic (exact) mass is 255 g/mol. The van der Waals surface area contributed by atoms with Crippen molar-refractivity contribution >= 4 is 17.5 Å². The molecule has 0 fully saturated rings. The molecule has 96 valence electrons. The number of phenolic OH excluding ortho intramolecular Hbond substituents is 2. The SMILES string of the molecule is Nc1ccc(/C=C/C(=O)c2ccc(O)cc2O)cc1. The Balaban J connectivity index is 2.18. The molecule has 19 heavy (non-hydrogen) atoms. The second-order valence-electron chi connectivity index (χ2n) is 4.07. The van der Waals surface area contributed by atoms with Crippen LogP contribution in [0.5, 0.6) is 11.5 Å². The van der Waals surface area contributed by atoms with Gasteiger partial charge in [0.05, 0.1) is 5.56 Å². The second-order valence-corrected chi connectivity index (χ2v) is 4.07. The normalized spacial score (nSPS) is 10.7. The summed E-state index contributed by atoms with van der Waals surface area (Å²) in [6, 6.07) is 10.9. The number of carbonyl (C=O) groups excluding carboxylic acids is 1. The molecule has 0 amide bonds. The Morgan fingerprint density at radius 3 is 2.37 bits per heavy atom. The van der Waals surface area contributed by atoms with Gasteiger partial charge in [-0.2, -0.15) is 0 Å². The van der Waals surface area contributed by atoms with Crippen molar-refractivity contribution in [3.8, 4) is 11.5 Å². The molecule has 0 bridgehead atoms. The van der Waals surface area contributed by atoms with Crippen LogP contribution in [-0.2, 0) is 0 Å². The smallest absolute Gasteiger partial charge is 0.189 e. The average molecular weight is 255 g/mol. The lowest BCUT2D eigenvalue weighted by molar-refractivity contribution is 0.104. The highest BCUT2D eigenvalue weighted by Gasteiger charge is 2.08. The first-order valence-electron chi connectivity index (χ1n) is 5.66. The molecule has 0 radical (unpaired) electrons. The third-order valence-corrected chi connectivity index (χ3v) is 2.61. The molecule has 0 unspecified atom stereocenters. The largest absolute Gasteiger partial charge is 0.508 e. The van der Waals surface area contributed by atoms with Gasteiger partial charge in [0.1, 0.15) is 11.5 Å². The second kappa shape index (κ2) is 5.27. The molecule has 0 aliphatic heterocycles. The Bertz CT molecular complexity index is 630. The van der Waals surface area contributed by atoms with Crippen molar-refractivity contribution in [2.45, 2.75) is 0 Å². The molecule has 4 heteroatoms. The van der Waals surface area contributed by atoms with Crippen molar-refractivity contribution < 1.29 is 15.0 Å². The first-order valence-corrected chi connectivity index (χ1v) is 5.66. The fourth-order valence-electron chi connectivity index (χ4n) is 1.60. The number of benzene rings is 2.